The van der Waals surface area contributed by atoms with Crippen molar-refractivity contribution in [3.8, 4) is 0 Å². The Kier molecular flexibility index (Phi) is 5.57. The molecule has 2 aliphatic heterocycles. The molecule has 34 heavy (non-hydrogen) atoms. The number of carbonyl (C=O) groups is 2. The minimum Gasteiger partial charge on any atom is -0.382 e. The highest BCUT2D eigenvalue weighted by atomic mass is 32.1. The second kappa shape index (κ2) is 8.87. The zero-order valence-electron chi connectivity index (χ0n) is 19.0. The molecule has 0 saturated heterocycles. The lowest BCUT2D eigenvalue weighted by Crippen LogP contribution is -2.53. The lowest BCUT2D eigenvalue weighted by atomic mass is 9.87. The van der Waals surface area contributed by atoms with E-state index in [-0.39, 0.29) is 29.9 Å². The fraction of sp³-hybridized carbons (Fsp3) is 0.370. The number of hydrogen-bond donors (Lipinski definition) is 2. The average molecular weight is 473 g/mol. The van der Waals surface area contributed by atoms with Gasteiger partial charge >= 0.3 is 0 Å². The summed E-state index contributed by atoms with van der Waals surface area (Å²) in [6, 6.07) is 14.0. The fourth-order valence-corrected chi connectivity index (χ4v) is 6.82. The Bertz CT molecular complexity index is 1270. The van der Waals surface area contributed by atoms with Gasteiger partial charge in [-0.05, 0) is 53.8 Å². The monoisotopic (exact) mass is 472 g/mol. The number of fused-ring (bicyclic) bond motifs is 2. The molecule has 6 rings (SSSR count). The number of benzene rings is 1. The molecule has 2 N–H and O–H groups in total. The van der Waals surface area contributed by atoms with Gasteiger partial charge < -0.3 is 15.5 Å². The highest BCUT2D eigenvalue weighted by Gasteiger charge is 2.46. The Morgan fingerprint density at radius 3 is 2.85 bits per heavy atom. The summed E-state index contributed by atoms with van der Waals surface area (Å²) < 4.78 is 1.18. The van der Waals surface area contributed by atoms with Crippen molar-refractivity contribution in [2.45, 2.75) is 56.7 Å². The van der Waals surface area contributed by atoms with Gasteiger partial charge in [0.1, 0.15) is 0 Å². The van der Waals surface area contributed by atoms with E-state index in [1.807, 2.05) is 30.3 Å². The van der Waals surface area contributed by atoms with E-state index in [9.17, 15) is 9.59 Å². The second-order valence-electron chi connectivity index (χ2n) is 9.39. The van der Waals surface area contributed by atoms with E-state index in [0.29, 0.717) is 25.0 Å². The Labute approximate surface area is 203 Å². The molecule has 7 heteroatoms. The van der Waals surface area contributed by atoms with Gasteiger partial charge in [-0.2, -0.15) is 0 Å². The zero-order chi connectivity index (χ0) is 23.1. The van der Waals surface area contributed by atoms with Gasteiger partial charge in [0.25, 0.3) is 5.91 Å². The highest BCUT2D eigenvalue weighted by Crippen LogP contribution is 2.44. The maximum atomic E-state index is 14.0. The molecule has 0 unspecified atom stereocenters. The summed E-state index contributed by atoms with van der Waals surface area (Å²) in [5.41, 5.74) is 3.65. The van der Waals surface area contributed by atoms with Gasteiger partial charge in [0.2, 0.25) is 5.91 Å². The third-order valence-electron chi connectivity index (χ3n) is 7.41. The molecule has 2 amide bonds. The molecule has 174 valence electrons. The van der Waals surface area contributed by atoms with E-state index in [0.717, 1.165) is 48.0 Å². The molecule has 3 aliphatic rings. The number of aryl methyl sites for hydroxylation is 1. The standard InChI is InChI=1S/C27H28N4O2S/c32-24(13-12-17-7-5-6-14-28-17)31-22-10-3-2-9-20(22)30-21-15-29-27(33)25(21)26(31)19-16-34-23-11-4-1-8-18(19)23/h1,4-8,11,14,16,20,22,26,30H,2-3,9-10,12-13,15H2,(H,29,33)/t20-,22-,26-/m1/s1. The first kappa shape index (κ1) is 21.4. The van der Waals surface area contributed by atoms with Crippen LogP contribution in [0.1, 0.15) is 49.4 Å². The first-order valence-electron chi connectivity index (χ1n) is 12.2. The van der Waals surface area contributed by atoms with Crippen molar-refractivity contribution in [2.75, 3.05) is 6.54 Å². The first-order valence-corrected chi connectivity index (χ1v) is 13.0. The van der Waals surface area contributed by atoms with Crippen LogP contribution >= 0.6 is 11.3 Å². The summed E-state index contributed by atoms with van der Waals surface area (Å²) in [7, 11) is 0. The minimum absolute atomic E-state index is 0.0621. The second-order valence-corrected chi connectivity index (χ2v) is 10.3. The van der Waals surface area contributed by atoms with Crippen LogP contribution in [0.15, 0.2) is 65.3 Å². The van der Waals surface area contributed by atoms with Crippen LogP contribution in [0.4, 0.5) is 0 Å². The van der Waals surface area contributed by atoms with Crippen molar-refractivity contribution in [1.82, 2.24) is 20.5 Å². The van der Waals surface area contributed by atoms with Crippen LogP contribution in [0.2, 0.25) is 0 Å². The number of rotatable bonds is 4. The Morgan fingerprint density at radius 2 is 1.97 bits per heavy atom. The molecule has 0 spiro atoms. The summed E-state index contributed by atoms with van der Waals surface area (Å²) in [5, 5.41) is 10.00. The van der Waals surface area contributed by atoms with Gasteiger partial charge in [-0.1, -0.05) is 37.1 Å². The molecular weight excluding hydrogens is 444 g/mol. The van der Waals surface area contributed by atoms with Crippen LogP contribution in [-0.4, -0.2) is 40.3 Å². The van der Waals surface area contributed by atoms with Gasteiger partial charge in [0.15, 0.2) is 0 Å². The van der Waals surface area contributed by atoms with E-state index in [1.54, 1.807) is 17.5 Å². The fourth-order valence-electron chi connectivity index (χ4n) is 5.84. The van der Waals surface area contributed by atoms with E-state index in [2.05, 4.69) is 38.0 Å². The summed E-state index contributed by atoms with van der Waals surface area (Å²) >= 11 is 1.68. The van der Waals surface area contributed by atoms with Crippen molar-refractivity contribution >= 4 is 33.2 Å². The summed E-state index contributed by atoms with van der Waals surface area (Å²) in [6.45, 7) is 0.506. The molecule has 1 fully saturated rings. The van der Waals surface area contributed by atoms with Gasteiger partial charge in [-0.3, -0.25) is 14.6 Å². The predicted octanol–water partition coefficient (Wildman–Crippen LogP) is 4.10. The molecule has 1 aliphatic carbocycles. The van der Waals surface area contributed by atoms with Crippen LogP contribution < -0.4 is 10.6 Å². The lowest BCUT2D eigenvalue weighted by molar-refractivity contribution is -0.137. The molecule has 3 atom stereocenters. The SMILES string of the molecule is O=C1NCC2=C1[C@@H](c1csc3ccccc13)N(C(=O)CCc1ccccn1)[C@@H]1CCCC[C@H]1N2. The Balaban J connectivity index is 1.46. The smallest absolute Gasteiger partial charge is 0.251 e. The molecule has 6 nitrogen and oxygen atoms in total. The molecule has 3 aromatic rings. The maximum absolute atomic E-state index is 14.0. The van der Waals surface area contributed by atoms with Crippen molar-refractivity contribution in [3.05, 3.63) is 76.6 Å². The van der Waals surface area contributed by atoms with Gasteiger partial charge in [-0.25, -0.2) is 0 Å². The Morgan fingerprint density at radius 1 is 1.12 bits per heavy atom. The number of thiophene rings is 1. The van der Waals surface area contributed by atoms with Gasteiger partial charge in [-0.15, -0.1) is 11.3 Å². The molecule has 0 radical (unpaired) electrons. The number of aromatic nitrogens is 1. The van der Waals surface area contributed by atoms with Crippen LogP contribution in [-0.2, 0) is 16.0 Å². The van der Waals surface area contributed by atoms with E-state index >= 15 is 0 Å². The van der Waals surface area contributed by atoms with Crippen molar-refractivity contribution in [3.63, 3.8) is 0 Å². The molecule has 0 bridgehead atoms. The van der Waals surface area contributed by atoms with E-state index < -0.39 is 0 Å². The van der Waals surface area contributed by atoms with Crippen molar-refractivity contribution < 1.29 is 9.59 Å². The number of hydrogen-bond acceptors (Lipinski definition) is 5. The van der Waals surface area contributed by atoms with Crippen molar-refractivity contribution in [1.29, 1.82) is 0 Å². The number of nitrogens with zero attached hydrogens (tertiary/aromatic N) is 2. The first-order chi connectivity index (χ1) is 16.7. The third kappa shape index (κ3) is 3.68. The molecule has 1 aromatic carbocycles. The minimum atomic E-state index is -0.384. The number of nitrogens with one attached hydrogen (secondary N) is 2. The topological polar surface area (TPSA) is 74.3 Å². The average Bonchev–Trinajstić information content (AvgIpc) is 3.42. The maximum Gasteiger partial charge on any atom is 0.251 e. The summed E-state index contributed by atoms with van der Waals surface area (Å²) in [5.74, 6) is 0.0297. The molecule has 1 saturated carbocycles. The van der Waals surface area contributed by atoms with E-state index in [1.165, 1.54) is 4.70 Å². The van der Waals surface area contributed by atoms with Crippen LogP contribution in [0.3, 0.4) is 0 Å². The lowest BCUT2D eigenvalue weighted by Gasteiger charge is -2.42. The molecule has 4 heterocycles. The predicted molar refractivity (Wildman–Crippen MR) is 133 cm³/mol. The molecule has 2 aromatic heterocycles. The molecular formula is C27H28N4O2S. The van der Waals surface area contributed by atoms with Gasteiger partial charge in [0.05, 0.1) is 24.2 Å². The zero-order valence-corrected chi connectivity index (χ0v) is 19.8. The quantitative estimate of drug-likeness (QED) is 0.600. The van der Waals surface area contributed by atoms with Crippen LogP contribution in [0, 0.1) is 0 Å². The number of amides is 2. The van der Waals surface area contributed by atoms with Gasteiger partial charge in [0, 0.05) is 34.8 Å². The summed E-state index contributed by atoms with van der Waals surface area (Å²) in [4.78, 5) is 33.7. The van der Waals surface area contributed by atoms with Crippen molar-refractivity contribution in [2.24, 2.45) is 0 Å². The number of pyridine rings is 1. The summed E-state index contributed by atoms with van der Waals surface area (Å²) in [6.07, 6.45) is 6.94. The Hall–Kier alpha value is -3.19. The van der Waals surface area contributed by atoms with Crippen LogP contribution in [0.25, 0.3) is 10.1 Å². The largest absolute Gasteiger partial charge is 0.382 e. The normalized spacial score (nSPS) is 24.3. The van der Waals surface area contributed by atoms with Crippen LogP contribution in [0.5, 0.6) is 0 Å². The number of carbonyl (C=O) groups excluding carboxylic acids is 2. The van der Waals surface area contributed by atoms with E-state index in [4.69, 9.17) is 0 Å². The highest BCUT2D eigenvalue weighted by molar-refractivity contribution is 7.17. The third-order valence-corrected chi connectivity index (χ3v) is 8.39.